The second kappa shape index (κ2) is 7.60. The summed E-state index contributed by atoms with van der Waals surface area (Å²) in [7, 11) is 0. The van der Waals surface area contributed by atoms with Gasteiger partial charge in [-0.25, -0.2) is 4.98 Å². The molecule has 2 N–H and O–H groups in total. The number of aliphatic hydroxyl groups excluding tert-OH is 1. The smallest absolute Gasteiger partial charge is 0.129 e. The van der Waals surface area contributed by atoms with E-state index in [0.717, 1.165) is 37.9 Å². The average Bonchev–Trinajstić information content (AvgIpc) is 2.31. The van der Waals surface area contributed by atoms with Gasteiger partial charge in [0.05, 0.1) is 6.10 Å². The summed E-state index contributed by atoms with van der Waals surface area (Å²) < 4.78 is 0. The molecule has 3 nitrogen and oxygen atoms in total. The molecule has 0 amide bonds. The normalized spacial score (nSPS) is 12.7. The highest BCUT2D eigenvalue weighted by molar-refractivity contribution is 6.29. The monoisotopic (exact) mass is 242 g/mol. The summed E-state index contributed by atoms with van der Waals surface area (Å²) in [5, 5.41) is 13.2. The summed E-state index contributed by atoms with van der Waals surface area (Å²) in [6.07, 6.45) is 4.31. The van der Waals surface area contributed by atoms with Crippen LogP contribution in [-0.2, 0) is 6.54 Å². The predicted octanol–water partition coefficient (Wildman–Crippen LogP) is 2.38. The van der Waals surface area contributed by atoms with Gasteiger partial charge in [0.1, 0.15) is 5.15 Å². The molecule has 1 atom stereocenters. The third-order valence-corrected chi connectivity index (χ3v) is 2.70. The summed E-state index contributed by atoms with van der Waals surface area (Å²) in [6, 6.07) is 3.75. The molecule has 0 radical (unpaired) electrons. The summed E-state index contributed by atoms with van der Waals surface area (Å²) in [5.41, 5.74) is 1.13. The van der Waals surface area contributed by atoms with Crippen molar-refractivity contribution >= 4 is 11.6 Å². The van der Waals surface area contributed by atoms with Crippen molar-refractivity contribution in [1.29, 1.82) is 0 Å². The maximum Gasteiger partial charge on any atom is 0.129 e. The van der Waals surface area contributed by atoms with Crippen LogP contribution in [0.3, 0.4) is 0 Å². The van der Waals surface area contributed by atoms with Crippen LogP contribution in [0.2, 0.25) is 5.15 Å². The van der Waals surface area contributed by atoms with Gasteiger partial charge in [-0.1, -0.05) is 24.6 Å². The summed E-state index contributed by atoms with van der Waals surface area (Å²) in [6.45, 7) is 3.71. The molecule has 1 rings (SSSR count). The molecule has 90 valence electrons. The minimum absolute atomic E-state index is 0.154. The number of hydrogen-bond acceptors (Lipinski definition) is 3. The van der Waals surface area contributed by atoms with Gasteiger partial charge in [0.15, 0.2) is 0 Å². The Morgan fingerprint density at radius 3 is 2.94 bits per heavy atom. The van der Waals surface area contributed by atoms with Gasteiger partial charge < -0.3 is 10.4 Å². The fourth-order valence-electron chi connectivity index (χ4n) is 1.41. The molecule has 16 heavy (non-hydrogen) atoms. The Morgan fingerprint density at radius 1 is 1.50 bits per heavy atom. The van der Waals surface area contributed by atoms with Crippen LogP contribution in [0, 0.1) is 0 Å². The van der Waals surface area contributed by atoms with Crippen LogP contribution in [-0.4, -0.2) is 22.7 Å². The van der Waals surface area contributed by atoms with Crippen molar-refractivity contribution in [2.75, 3.05) is 6.54 Å². The van der Waals surface area contributed by atoms with Crippen molar-refractivity contribution in [1.82, 2.24) is 10.3 Å². The lowest BCUT2D eigenvalue weighted by Gasteiger charge is -2.08. The largest absolute Gasteiger partial charge is 0.393 e. The van der Waals surface area contributed by atoms with E-state index in [1.165, 1.54) is 0 Å². The molecule has 0 spiro atoms. The molecule has 0 aliphatic rings. The van der Waals surface area contributed by atoms with Crippen LogP contribution in [0.1, 0.15) is 31.7 Å². The molecule has 0 bridgehead atoms. The van der Waals surface area contributed by atoms with Crippen molar-refractivity contribution in [3.63, 3.8) is 0 Å². The van der Waals surface area contributed by atoms with E-state index in [0.29, 0.717) is 5.15 Å². The number of pyridine rings is 1. The Bertz CT molecular complexity index is 290. The average molecular weight is 243 g/mol. The summed E-state index contributed by atoms with van der Waals surface area (Å²) in [4.78, 5) is 4.00. The fraction of sp³-hybridized carbons (Fsp3) is 0.583. The minimum Gasteiger partial charge on any atom is -0.393 e. The Kier molecular flexibility index (Phi) is 6.38. The van der Waals surface area contributed by atoms with Gasteiger partial charge in [0.2, 0.25) is 0 Å². The number of hydrogen-bond donors (Lipinski definition) is 2. The molecule has 1 aromatic heterocycles. The zero-order valence-electron chi connectivity index (χ0n) is 9.62. The maximum atomic E-state index is 9.35. The zero-order valence-corrected chi connectivity index (χ0v) is 10.4. The molecule has 1 unspecified atom stereocenters. The van der Waals surface area contributed by atoms with Crippen LogP contribution < -0.4 is 5.32 Å². The van der Waals surface area contributed by atoms with Crippen LogP contribution in [0.25, 0.3) is 0 Å². The minimum atomic E-state index is -0.154. The number of aliphatic hydroxyl groups is 1. The lowest BCUT2D eigenvalue weighted by molar-refractivity contribution is 0.157. The molecule has 0 aromatic carbocycles. The van der Waals surface area contributed by atoms with Crippen molar-refractivity contribution in [2.24, 2.45) is 0 Å². The van der Waals surface area contributed by atoms with E-state index in [2.05, 4.69) is 10.3 Å². The molecule has 1 heterocycles. The van der Waals surface area contributed by atoms with E-state index in [9.17, 15) is 5.11 Å². The number of aromatic nitrogens is 1. The SMILES string of the molecule is CCC(O)CCCNCc1ccc(Cl)nc1. The Balaban J connectivity index is 2.09. The number of rotatable bonds is 7. The number of halogens is 1. The Hall–Kier alpha value is -0.640. The standard InChI is InChI=1S/C12H19ClN2O/c1-2-11(16)4-3-7-14-8-10-5-6-12(13)15-9-10/h5-6,9,11,14,16H,2-4,7-8H2,1H3. The first kappa shape index (κ1) is 13.4. The van der Waals surface area contributed by atoms with Gasteiger partial charge in [-0.05, 0) is 37.4 Å². The first-order chi connectivity index (χ1) is 7.72. The van der Waals surface area contributed by atoms with Gasteiger partial charge in [-0.3, -0.25) is 0 Å². The van der Waals surface area contributed by atoms with Crippen molar-refractivity contribution in [2.45, 2.75) is 38.8 Å². The molecule has 0 aliphatic carbocycles. The highest BCUT2D eigenvalue weighted by Gasteiger charge is 1.99. The quantitative estimate of drug-likeness (QED) is 0.570. The summed E-state index contributed by atoms with van der Waals surface area (Å²) in [5.74, 6) is 0. The third-order valence-electron chi connectivity index (χ3n) is 2.48. The lowest BCUT2D eigenvalue weighted by Crippen LogP contribution is -2.16. The highest BCUT2D eigenvalue weighted by Crippen LogP contribution is 2.05. The molecule has 0 aliphatic heterocycles. The van der Waals surface area contributed by atoms with E-state index in [-0.39, 0.29) is 6.10 Å². The van der Waals surface area contributed by atoms with E-state index >= 15 is 0 Å². The maximum absolute atomic E-state index is 9.35. The van der Waals surface area contributed by atoms with Gasteiger partial charge in [-0.15, -0.1) is 0 Å². The Morgan fingerprint density at radius 2 is 2.31 bits per heavy atom. The second-order valence-corrected chi connectivity index (χ2v) is 4.26. The molecule has 0 saturated heterocycles. The fourth-order valence-corrected chi connectivity index (χ4v) is 1.52. The first-order valence-corrected chi connectivity index (χ1v) is 6.09. The topological polar surface area (TPSA) is 45.1 Å². The van der Waals surface area contributed by atoms with E-state index in [1.54, 1.807) is 12.3 Å². The van der Waals surface area contributed by atoms with Gasteiger partial charge in [-0.2, -0.15) is 0 Å². The molecular weight excluding hydrogens is 224 g/mol. The summed E-state index contributed by atoms with van der Waals surface area (Å²) >= 11 is 5.69. The van der Waals surface area contributed by atoms with Gasteiger partial charge >= 0.3 is 0 Å². The van der Waals surface area contributed by atoms with Crippen LogP contribution in [0.5, 0.6) is 0 Å². The second-order valence-electron chi connectivity index (χ2n) is 3.87. The van der Waals surface area contributed by atoms with E-state index in [4.69, 9.17) is 11.6 Å². The molecule has 4 heteroatoms. The van der Waals surface area contributed by atoms with Crippen molar-refractivity contribution in [3.8, 4) is 0 Å². The predicted molar refractivity (Wildman–Crippen MR) is 66.5 cm³/mol. The van der Waals surface area contributed by atoms with Crippen molar-refractivity contribution < 1.29 is 5.11 Å². The van der Waals surface area contributed by atoms with E-state index in [1.807, 2.05) is 13.0 Å². The van der Waals surface area contributed by atoms with Crippen molar-refractivity contribution in [3.05, 3.63) is 29.0 Å². The number of nitrogens with one attached hydrogen (secondary N) is 1. The van der Waals surface area contributed by atoms with Crippen LogP contribution in [0.15, 0.2) is 18.3 Å². The molecule has 1 aromatic rings. The molecular formula is C12H19ClN2O. The van der Waals surface area contributed by atoms with Gasteiger partial charge in [0, 0.05) is 12.7 Å². The van der Waals surface area contributed by atoms with Crippen LogP contribution >= 0.6 is 11.6 Å². The molecule has 0 fully saturated rings. The van der Waals surface area contributed by atoms with Gasteiger partial charge in [0.25, 0.3) is 0 Å². The number of nitrogens with zero attached hydrogens (tertiary/aromatic N) is 1. The van der Waals surface area contributed by atoms with E-state index < -0.39 is 0 Å². The third kappa shape index (κ3) is 5.45. The zero-order chi connectivity index (χ0) is 11.8. The lowest BCUT2D eigenvalue weighted by atomic mass is 10.1. The molecule has 0 saturated carbocycles. The first-order valence-electron chi connectivity index (χ1n) is 5.71. The van der Waals surface area contributed by atoms with Crippen LogP contribution in [0.4, 0.5) is 0 Å². The highest BCUT2D eigenvalue weighted by atomic mass is 35.5. The Labute approximate surface area is 102 Å².